The van der Waals surface area contributed by atoms with Crippen molar-refractivity contribution >= 4 is 16.3 Å². The minimum absolute atomic E-state index is 0.156. The van der Waals surface area contributed by atoms with Gasteiger partial charge in [0.2, 0.25) is 0 Å². The van der Waals surface area contributed by atoms with E-state index in [0.29, 0.717) is 6.61 Å². The van der Waals surface area contributed by atoms with Gasteiger partial charge in [-0.05, 0) is 30.7 Å². The van der Waals surface area contributed by atoms with Gasteiger partial charge in [0, 0.05) is 0 Å². The summed E-state index contributed by atoms with van der Waals surface area (Å²) in [6.07, 6.45) is 8.43. The molecule has 136 valence electrons. The van der Waals surface area contributed by atoms with Gasteiger partial charge in [-0.1, -0.05) is 51.9 Å². The molecule has 0 aliphatic rings. The summed E-state index contributed by atoms with van der Waals surface area (Å²) >= 11 is 0. The molecule has 0 bridgehead atoms. The molecule has 1 aromatic carbocycles. The minimum Gasteiger partial charge on any atom is -0.434 e. The average Bonchev–Trinajstić information content (AvgIpc) is 2.53. The predicted octanol–water partition coefficient (Wildman–Crippen LogP) is 4.59. The van der Waals surface area contributed by atoms with E-state index in [-0.39, 0.29) is 10.6 Å². The summed E-state index contributed by atoms with van der Waals surface area (Å²) in [5.74, 6) is 0.156. The van der Waals surface area contributed by atoms with Crippen LogP contribution in [0.1, 0.15) is 58.3 Å². The monoisotopic (exact) mass is 358 g/mol. The first-order chi connectivity index (χ1) is 11.4. The number of carbonyl (C=O) groups is 1. The van der Waals surface area contributed by atoms with Crippen molar-refractivity contribution in [2.24, 2.45) is 0 Å². The summed E-state index contributed by atoms with van der Waals surface area (Å²) in [7, 11) is -4.25. The maximum absolute atomic E-state index is 11.5. The van der Waals surface area contributed by atoms with Crippen molar-refractivity contribution in [2.45, 2.75) is 63.2 Å². The largest absolute Gasteiger partial charge is 0.513 e. The molecule has 1 N–H and O–H groups in total. The number of benzene rings is 1. The average molecular weight is 358 g/mol. The van der Waals surface area contributed by atoms with Crippen LogP contribution >= 0.6 is 0 Å². The fourth-order valence-electron chi connectivity index (χ4n) is 2.20. The third kappa shape index (κ3) is 8.88. The second kappa shape index (κ2) is 11.0. The molecule has 0 atom stereocenters. The van der Waals surface area contributed by atoms with Crippen molar-refractivity contribution in [1.29, 1.82) is 0 Å². The van der Waals surface area contributed by atoms with Crippen molar-refractivity contribution in [3.05, 3.63) is 24.3 Å². The molecular weight excluding hydrogens is 332 g/mol. The Hall–Kier alpha value is -1.60. The van der Waals surface area contributed by atoms with Gasteiger partial charge in [0.05, 0.1) is 11.5 Å². The summed E-state index contributed by atoms with van der Waals surface area (Å²) < 4.78 is 40.5. The van der Waals surface area contributed by atoms with E-state index in [1.165, 1.54) is 44.2 Å². The number of unbranched alkanes of at least 4 members (excludes halogenated alkanes) is 7. The standard InChI is InChI=1S/C17H26O6S/c1-2-3-4-5-6-7-8-9-14-22-17(18)23-15-10-12-16(13-11-15)24(19,20)21/h10-13H,2-9,14H2,1H3,(H,19,20,21). The fraction of sp³-hybridized carbons (Fsp3) is 0.588. The second-order valence-corrected chi connectivity index (χ2v) is 7.04. The molecule has 1 aromatic rings. The first-order valence-electron chi connectivity index (χ1n) is 8.35. The fourth-order valence-corrected chi connectivity index (χ4v) is 2.68. The Morgan fingerprint density at radius 2 is 1.50 bits per heavy atom. The third-order valence-corrected chi connectivity index (χ3v) is 4.41. The van der Waals surface area contributed by atoms with Crippen LogP contribution < -0.4 is 4.74 Å². The van der Waals surface area contributed by atoms with Crippen LogP contribution in [0.15, 0.2) is 29.2 Å². The van der Waals surface area contributed by atoms with E-state index in [0.717, 1.165) is 31.4 Å². The maximum atomic E-state index is 11.5. The first-order valence-corrected chi connectivity index (χ1v) is 9.79. The normalized spacial score (nSPS) is 11.2. The lowest BCUT2D eigenvalue weighted by Gasteiger charge is -2.06. The van der Waals surface area contributed by atoms with Crippen LogP contribution in [-0.2, 0) is 14.9 Å². The number of ether oxygens (including phenoxy) is 2. The molecule has 1 rings (SSSR count). The lowest BCUT2D eigenvalue weighted by Crippen LogP contribution is -2.11. The topological polar surface area (TPSA) is 89.9 Å². The van der Waals surface area contributed by atoms with Gasteiger partial charge < -0.3 is 9.47 Å². The van der Waals surface area contributed by atoms with E-state index in [1.807, 2.05) is 0 Å². The number of rotatable bonds is 11. The van der Waals surface area contributed by atoms with Gasteiger partial charge >= 0.3 is 6.16 Å². The van der Waals surface area contributed by atoms with Crippen molar-refractivity contribution in [1.82, 2.24) is 0 Å². The van der Waals surface area contributed by atoms with E-state index >= 15 is 0 Å². The number of carbonyl (C=O) groups excluding carboxylic acids is 1. The summed E-state index contributed by atoms with van der Waals surface area (Å²) in [5, 5.41) is 0. The molecule has 0 unspecified atom stereocenters. The van der Waals surface area contributed by atoms with Gasteiger partial charge in [0.15, 0.2) is 0 Å². The summed E-state index contributed by atoms with van der Waals surface area (Å²) in [6.45, 7) is 2.50. The van der Waals surface area contributed by atoms with E-state index in [9.17, 15) is 13.2 Å². The van der Waals surface area contributed by atoms with Crippen LogP contribution in [-0.4, -0.2) is 25.7 Å². The highest BCUT2D eigenvalue weighted by Crippen LogP contribution is 2.16. The Bertz CT molecular complexity index is 580. The summed E-state index contributed by atoms with van der Waals surface area (Å²) in [6, 6.07) is 4.86. The molecule has 0 saturated carbocycles. The zero-order chi connectivity index (χ0) is 17.8. The van der Waals surface area contributed by atoms with Gasteiger partial charge in [-0.25, -0.2) is 4.79 Å². The van der Waals surface area contributed by atoms with Crippen LogP contribution in [0.25, 0.3) is 0 Å². The highest BCUT2D eigenvalue weighted by atomic mass is 32.2. The molecule has 6 nitrogen and oxygen atoms in total. The first kappa shape index (κ1) is 20.4. The molecule has 0 aromatic heterocycles. The predicted molar refractivity (Wildman–Crippen MR) is 90.8 cm³/mol. The summed E-state index contributed by atoms with van der Waals surface area (Å²) in [4.78, 5) is 11.2. The van der Waals surface area contributed by atoms with E-state index in [1.54, 1.807) is 0 Å². The SMILES string of the molecule is CCCCCCCCCCOC(=O)Oc1ccc(S(=O)(=O)O)cc1. The molecule has 0 saturated heterocycles. The smallest absolute Gasteiger partial charge is 0.434 e. The molecule has 0 aliphatic carbocycles. The molecule has 0 spiro atoms. The Morgan fingerprint density at radius 3 is 2.04 bits per heavy atom. The van der Waals surface area contributed by atoms with Crippen molar-refractivity contribution < 1.29 is 27.2 Å². The highest BCUT2D eigenvalue weighted by Gasteiger charge is 2.10. The van der Waals surface area contributed by atoms with Crippen LogP contribution in [0.3, 0.4) is 0 Å². The van der Waals surface area contributed by atoms with E-state index in [2.05, 4.69) is 6.92 Å². The summed E-state index contributed by atoms with van der Waals surface area (Å²) in [5.41, 5.74) is 0. The van der Waals surface area contributed by atoms with Crippen LogP contribution in [0.5, 0.6) is 5.75 Å². The van der Waals surface area contributed by atoms with Crippen molar-refractivity contribution in [3.63, 3.8) is 0 Å². The van der Waals surface area contributed by atoms with Gasteiger partial charge in [-0.15, -0.1) is 0 Å². The Kier molecular flexibility index (Phi) is 9.41. The molecule has 0 amide bonds. The Labute approximate surface area is 143 Å². The number of hydrogen-bond acceptors (Lipinski definition) is 5. The third-order valence-electron chi connectivity index (χ3n) is 3.54. The van der Waals surface area contributed by atoms with Gasteiger partial charge in [0.25, 0.3) is 10.1 Å². The number of hydrogen-bond donors (Lipinski definition) is 1. The lowest BCUT2D eigenvalue weighted by molar-refractivity contribution is 0.0973. The molecule has 0 fully saturated rings. The van der Waals surface area contributed by atoms with E-state index in [4.69, 9.17) is 14.0 Å². The van der Waals surface area contributed by atoms with Gasteiger partial charge in [-0.3, -0.25) is 4.55 Å². The molecule has 0 aliphatic heterocycles. The van der Waals surface area contributed by atoms with Crippen molar-refractivity contribution in [2.75, 3.05) is 6.61 Å². The molecule has 7 heteroatoms. The van der Waals surface area contributed by atoms with Crippen molar-refractivity contribution in [3.8, 4) is 5.75 Å². The Balaban J connectivity index is 2.14. The zero-order valence-corrected chi connectivity index (χ0v) is 14.9. The van der Waals surface area contributed by atoms with Gasteiger partial charge in [0.1, 0.15) is 5.75 Å². The van der Waals surface area contributed by atoms with Gasteiger partial charge in [-0.2, -0.15) is 8.42 Å². The molecule has 0 heterocycles. The molecular formula is C17H26O6S. The second-order valence-electron chi connectivity index (χ2n) is 5.62. The lowest BCUT2D eigenvalue weighted by atomic mass is 10.1. The molecule has 0 radical (unpaired) electrons. The maximum Gasteiger partial charge on any atom is 0.513 e. The zero-order valence-electron chi connectivity index (χ0n) is 14.1. The van der Waals surface area contributed by atoms with E-state index < -0.39 is 16.3 Å². The minimum atomic E-state index is -4.25. The highest BCUT2D eigenvalue weighted by molar-refractivity contribution is 7.85. The molecule has 24 heavy (non-hydrogen) atoms. The van der Waals surface area contributed by atoms with Crippen LogP contribution in [0, 0.1) is 0 Å². The quantitative estimate of drug-likeness (QED) is 0.269. The van der Waals surface area contributed by atoms with Crippen LogP contribution in [0.2, 0.25) is 0 Å². The Morgan fingerprint density at radius 1 is 0.958 bits per heavy atom. The van der Waals surface area contributed by atoms with Crippen LogP contribution in [0.4, 0.5) is 4.79 Å².